The summed E-state index contributed by atoms with van der Waals surface area (Å²) in [5.74, 6) is 0. The predicted molar refractivity (Wildman–Crippen MR) is 26.3 cm³/mol. The minimum absolute atomic E-state index is 0. The molecule has 0 amide bonds. The number of nitrogens with zero attached hydrogens (tertiary/aromatic N) is 1. The molecule has 1 nitrogen and oxygen atoms in total. The van der Waals surface area contributed by atoms with Crippen molar-refractivity contribution < 1.29 is 17.0 Å². The first-order chi connectivity index (χ1) is 2.89. The van der Waals surface area contributed by atoms with Gasteiger partial charge in [0, 0.05) is 12.8 Å². The van der Waals surface area contributed by atoms with Crippen LogP contribution in [-0.4, -0.2) is 24.4 Å². The van der Waals surface area contributed by atoms with Crippen molar-refractivity contribution in [1.82, 2.24) is 0 Å². The summed E-state index contributed by atoms with van der Waals surface area (Å²) in [6.07, 6.45) is 4.88. The van der Waals surface area contributed by atoms with Crippen LogP contribution in [0, 0.1) is 0 Å². The van der Waals surface area contributed by atoms with Crippen LogP contribution < -0.4 is 12.4 Å². The predicted octanol–water partition coefficient (Wildman–Crippen LogP) is -2.50. The van der Waals surface area contributed by atoms with Gasteiger partial charge in [-0.15, -0.1) is 0 Å². The summed E-state index contributed by atoms with van der Waals surface area (Å²) in [6, 6.07) is 0. The zero-order valence-electron chi connectivity index (χ0n) is 4.52. The monoisotopic (exact) mass is 119 g/mol. The summed E-state index contributed by atoms with van der Waals surface area (Å²) in [5.41, 5.74) is 0. The first-order valence-corrected chi connectivity index (χ1v) is 2.43. The van der Waals surface area contributed by atoms with Gasteiger partial charge in [0.1, 0.15) is 19.8 Å². The first-order valence-electron chi connectivity index (χ1n) is 2.43. The molecule has 0 aromatic heterocycles. The molecule has 7 heavy (non-hydrogen) atoms. The van der Waals surface area contributed by atoms with Crippen molar-refractivity contribution in [3.63, 3.8) is 0 Å². The largest absolute Gasteiger partial charge is 1.00 e. The Morgan fingerprint density at radius 1 is 1.57 bits per heavy atom. The van der Waals surface area contributed by atoms with E-state index in [-0.39, 0.29) is 12.4 Å². The Morgan fingerprint density at radius 2 is 2.29 bits per heavy atom. The van der Waals surface area contributed by atoms with Crippen molar-refractivity contribution in [3.8, 4) is 0 Å². The SMILES string of the molecule is C[N+]1=CCCC1.[Cl-]. The molecule has 0 fully saturated rings. The van der Waals surface area contributed by atoms with Crippen molar-refractivity contribution in [2.75, 3.05) is 13.6 Å². The molecule has 0 N–H and O–H groups in total. The molecule has 0 aliphatic carbocycles. The van der Waals surface area contributed by atoms with Crippen LogP contribution in [0.1, 0.15) is 12.8 Å². The van der Waals surface area contributed by atoms with Crippen LogP contribution in [0.2, 0.25) is 0 Å². The molecule has 0 spiro atoms. The highest BCUT2D eigenvalue weighted by atomic mass is 35.5. The van der Waals surface area contributed by atoms with E-state index in [2.05, 4.69) is 17.8 Å². The molecule has 0 atom stereocenters. The van der Waals surface area contributed by atoms with Crippen LogP contribution in [0.25, 0.3) is 0 Å². The van der Waals surface area contributed by atoms with Crippen molar-refractivity contribution >= 4 is 6.21 Å². The lowest BCUT2D eigenvalue weighted by Crippen LogP contribution is -3.00. The van der Waals surface area contributed by atoms with Crippen LogP contribution >= 0.6 is 0 Å². The van der Waals surface area contributed by atoms with Gasteiger partial charge in [0.05, 0.1) is 0 Å². The molecule has 0 unspecified atom stereocenters. The third-order valence-corrected chi connectivity index (χ3v) is 1.16. The molecule has 1 heterocycles. The Bertz CT molecular complexity index is 78.1. The minimum Gasteiger partial charge on any atom is -1.00 e. The molecule has 0 aromatic rings. The molecule has 0 saturated carbocycles. The fourth-order valence-corrected chi connectivity index (χ4v) is 0.744. The fraction of sp³-hybridized carbons (Fsp3) is 0.800. The average molecular weight is 120 g/mol. The van der Waals surface area contributed by atoms with E-state index in [1.54, 1.807) is 0 Å². The molecule has 1 rings (SSSR count). The van der Waals surface area contributed by atoms with Gasteiger partial charge in [-0.05, 0) is 0 Å². The van der Waals surface area contributed by atoms with Gasteiger partial charge in [-0.2, -0.15) is 0 Å². The number of hydrogen-bond donors (Lipinski definition) is 0. The maximum atomic E-state index is 2.24. The summed E-state index contributed by atoms with van der Waals surface area (Å²) in [4.78, 5) is 0. The maximum absolute atomic E-state index is 2.24. The number of rotatable bonds is 0. The van der Waals surface area contributed by atoms with Crippen LogP contribution in [0.4, 0.5) is 0 Å². The topological polar surface area (TPSA) is 3.01 Å². The van der Waals surface area contributed by atoms with E-state index >= 15 is 0 Å². The summed E-state index contributed by atoms with van der Waals surface area (Å²) in [6.45, 7) is 1.26. The Hall–Kier alpha value is -0.0400. The van der Waals surface area contributed by atoms with E-state index in [0.717, 1.165) is 0 Å². The van der Waals surface area contributed by atoms with Gasteiger partial charge >= 0.3 is 0 Å². The summed E-state index contributed by atoms with van der Waals surface area (Å²) in [5, 5.41) is 0. The van der Waals surface area contributed by atoms with E-state index < -0.39 is 0 Å². The Morgan fingerprint density at radius 3 is 2.43 bits per heavy atom. The molecular weight excluding hydrogens is 110 g/mol. The Balaban J connectivity index is 0.000000360. The minimum atomic E-state index is 0. The van der Waals surface area contributed by atoms with Gasteiger partial charge in [-0.1, -0.05) is 0 Å². The van der Waals surface area contributed by atoms with Crippen LogP contribution in [0.15, 0.2) is 0 Å². The van der Waals surface area contributed by atoms with Crippen LogP contribution in [0.5, 0.6) is 0 Å². The highest BCUT2D eigenvalue weighted by Crippen LogP contribution is 1.91. The standard InChI is InChI=1S/C5H10N.ClH/c1-6-4-2-3-5-6;/h4H,2-3,5H2,1H3;1H/q+1;/p-1. The highest BCUT2D eigenvalue weighted by molar-refractivity contribution is 5.52. The molecule has 2 heteroatoms. The van der Waals surface area contributed by atoms with Gasteiger partial charge in [0.15, 0.2) is 0 Å². The second-order valence-electron chi connectivity index (χ2n) is 1.81. The normalized spacial score (nSPS) is 18.1. The van der Waals surface area contributed by atoms with Gasteiger partial charge in [0.25, 0.3) is 0 Å². The molecule has 0 bridgehead atoms. The summed E-state index contributed by atoms with van der Waals surface area (Å²) < 4.78 is 2.24. The average Bonchev–Trinajstić information content (AvgIpc) is 1.86. The Kier molecular flexibility index (Phi) is 3.01. The zero-order chi connectivity index (χ0) is 4.41. The molecular formula is C5H10ClN. The van der Waals surface area contributed by atoms with E-state index in [0.29, 0.717) is 0 Å². The molecule has 0 saturated heterocycles. The molecule has 1 aliphatic rings. The van der Waals surface area contributed by atoms with Crippen molar-refractivity contribution in [1.29, 1.82) is 0 Å². The van der Waals surface area contributed by atoms with E-state index in [9.17, 15) is 0 Å². The van der Waals surface area contributed by atoms with Crippen molar-refractivity contribution in [3.05, 3.63) is 0 Å². The summed E-state index contributed by atoms with van der Waals surface area (Å²) >= 11 is 0. The lowest BCUT2D eigenvalue weighted by atomic mass is 10.4. The third-order valence-electron chi connectivity index (χ3n) is 1.16. The smallest absolute Gasteiger partial charge is 0.142 e. The second kappa shape index (κ2) is 3.03. The van der Waals surface area contributed by atoms with Gasteiger partial charge in [-0.25, -0.2) is 4.58 Å². The van der Waals surface area contributed by atoms with E-state index in [1.165, 1.54) is 19.4 Å². The Labute approximate surface area is 50.5 Å². The summed E-state index contributed by atoms with van der Waals surface area (Å²) in [7, 11) is 2.12. The number of hydrogen-bond acceptors (Lipinski definition) is 0. The zero-order valence-corrected chi connectivity index (χ0v) is 5.28. The second-order valence-corrected chi connectivity index (χ2v) is 1.81. The molecule has 42 valence electrons. The van der Waals surface area contributed by atoms with Gasteiger partial charge < -0.3 is 12.4 Å². The van der Waals surface area contributed by atoms with Crippen molar-refractivity contribution in [2.45, 2.75) is 12.8 Å². The van der Waals surface area contributed by atoms with E-state index in [1.807, 2.05) is 0 Å². The lowest BCUT2D eigenvalue weighted by molar-refractivity contribution is -0.484. The van der Waals surface area contributed by atoms with Crippen LogP contribution in [-0.2, 0) is 0 Å². The molecule has 0 radical (unpaired) electrons. The van der Waals surface area contributed by atoms with Crippen LogP contribution in [0.3, 0.4) is 0 Å². The van der Waals surface area contributed by atoms with Crippen molar-refractivity contribution in [2.24, 2.45) is 0 Å². The fourth-order valence-electron chi connectivity index (χ4n) is 0.744. The third kappa shape index (κ3) is 1.93. The van der Waals surface area contributed by atoms with Gasteiger partial charge in [0.2, 0.25) is 0 Å². The highest BCUT2D eigenvalue weighted by Gasteiger charge is 2.01. The maximum Gasteiger partial charge on any atom is 0.142 e. The lowest BCUT2D eigenvalue weighted by Gasteiger charge is -1.77. The quantitative estimate of drug-likeness (QED) is 0.310. The number of halogens is 1. The first kappa shape index (κ1) is 6.96. The molecule has 1 aliphatic heterocycles. The molecule has 0 aromatic carbocycles. The van der Waals surface area contributed by atoms with Gasteiger partial charge in [-0.3, -0.25) is 0 Å². The van der Waals surface area contributed by atoms with E-state index in [4.69, 9.17) is 0 Å².